The van der Waals surface area contributed by atoms with Gasteiger partial charge in [-0.2, -0.15) is 18.3 Å². The van der Waals surface area contributed by atoms with Crippen LogP contribution in [0.25, 0.3) is 0 Å². The van der Waals surface area contributed by atoms with E-state index in [2.05, 4.69) is 24.1 Å². The number of halogens is 3. The Morgan fingerprint density at radius 2 is 1.84 bits per heavy atom. The van der Waals surface area contributed by atoms with Crippen LogP contribution in [0.15, 0.2) is 28.4 Å². The number of nitrogens with two attached hydrogens (primary N) is 1. The van der Waals surface area contributed by atoms with Crippen molar-refractivity contribution in [2.75, 3.05) is 25.6 Å². The first-order valence-corrected chi connectivity index (χ1v) is 12.2. The van der Waals surface area contributed by atoms with E-state index < -0.39 is 11.7 Å². The van der Waals surface area contributed by atoms with Crippen LogP contribution in [-0.4, -0.2) is 42.4 Å². The SMILES string of the molecule is CCCOCCCCOc1ccc(C2=NN=C(C(N)C(C)CCC)CS2)cc1C(F)(F)F. The van der Waals surface area contributed by atoms with Crippen molar-refractivity contribution in [3.05, 3.63) is 29.3 Å². The third-order valence-electron chi connectivity index (χ3n) is 5.19. The van der Waals surface area contributed by atoms with E-state index in [4.69, 9.17) is 15.2 Å². The van der Waals surface area contributed by atoms with Crippen LogP contribution in [0.2, 0.25) is 0 Å². The van der Waals surface area contributed by atoms with Crippen molar-refractivity contribution in [1.29, 1.82) is 0 Å². The zero-order valence-corrected chi connectivity index (χ0v) is 19.9. The highest BCUT2D eigenvalue weighted by Crippen LogP contribution is 2.38. The van der Waals surface area contributed by atoms with Gasteiger partial charge in [0.2, 0.25) is 0 Å². The van der Waals surface area contributed by atoms with Crippen LogP contribution in [0.4, 0.5) is 13.2 Å². The van der Waals surface area contributed by atoms with Crippen LogP contribution in [0.1, 0.15) is 64.0 Å². The van der Waals surface area contributed by atoms with Crippen molar-refractivity contribution in [3.8, 4) is 5.75 Å². The molecule has 0 saturated heterocycles. The molecule has 2 N–H and O–H groups in total. The van der Waals surface area contributed by atoms with Crippen LogP contribution in [0.3, 0.4) is 0 Å². The summed E-state index contributed by atoms with van der Waals surface area (Å²) in [5, 5.41) is 8.86. The summed E-state index contributed by atoms with van der Waals surface area (Å²) in [7, 11) is 0. The Morgan fingerprint density at radius 1 is 1.09 bits per heavy atom. The maximum absolute atomic E-state index is 13.6. The van der Waals surface area contributed by atoms with Crippen LogP contribution < -0.4 is 10.5 Å². The molecule has 1 aliphatic rings. The molecule has 180 valence electrons. The second-order valence-electron chi connectivity index (χ2n) is 7.95. The van der Waals surface area contributed by atoms with E-state index in [1.165, 1.54) is 17.8 Å². The molecule has 0 saturated carbocycles. The Kier molecular flexibility index (Phi) is 11.0. The molecule has 1 aliphatic heterocycles. The highest BCUT2D eigenvalue weighted by Gasteiger charge is 2.35. The van der Waals surface area contributed by atoms with Gasteiger partial charge in [-0.15, -0.1) is 5.10 Å². The molecule has 0 aliphatic carbocycles. The van der Waals surface area contributed by atoms with Gasteiger partial charge in [-0.3, -0.25) is 0 Å². The van der Waals surface area contributed by atoms with Gasteiger partial charge in [0.05, 0.1) is 17.9 Å². The molecule has 0 radical (unpaired) electrons. The molecule has 0 fully saturated rings. The number of alkyl halides is 3. The number of unbranched alkanes of at least 4 members (excludes halogenated alkanes) is 1. The zero-order chi connectivity index (χ0) is 23.6. The van der Waals surface area contributed by atoms with Gasteiger partial charge in [0.15, 0.2) is 0 Å². The van der Waals surface area contributed by atoms with E-state index in [1.54, 1.807) is 6.07 Å². The smallest absolute Gasteiger partial charge is 0.419 e. The maximum atomic E-state index is 13.6. The van der Waals surface area contributed by atoms with E-state index in [1.807, 2.05) is 6.92 Å². The average molecular weight is 474 g/mol. The molecule has 2 rings (SSSR count). The zero-order valence-electron chi connectivity index (χ0n) is 19.1. The summed E-state index contributed by atoms with van der Waals surface area (Å²) in [5.74, 6) is 0.632. The maximum Gasteiger partial charge on any atom is 0.419 e. The summed E-state index contributed by atoms with van der Waals surface area (Å²) in [4.78, 5) is 0. The fourth-order valence-electron chi connectivity index (χ4n) is 3.32. The molecule has 32 heavy (non-hydrogen) atoms. The van der Waals surface area contributed by atoms with Crippen LogP contribution in [0, 0.1) is 5.92 Å². The standard InChI is InChI=1S/C23H34F3N3O2S/c1-4-8-16(3)21(27)19-15-32-22(29-28-19)17-9-10-20(18(14-17)23(24,25)26)31-13-7-6-12-30-11-5-2/h9-10,14,16,21H,4-8,11-13,15,27H2,1-3H3. The molecule has 5 nitrogen and oxygen atoms in total. The molecule has 9 heteroatoms. The summed E-state index contributed by atoms with van der Waals surface area (Å²) in [6.07, 6.45) is -0.193. The van der Waals surface area contributed by atoms with E-state index in [0.29, 0.717) is 36.0 Å². The number of hydrogen-bond acceptors (Lipinski definition) is 6. The summed E-state index contributed by atoms with van der Waals surface area (Å²) in [6.45, 7) is 7.68. The van der Waals surface area contributed by atoms with Crippen LogP contribution in [0.5, 0.6) is 5.75 Å². The van der Waals surface area contributed by atoms with Crippen molar-refractivity contribution in [2.45, 2.75) is 65.1 Å². The van der Waals surface area contributed by atoms with Crippen molar-refractivity contribution >= 4 is 22.5 Å². The lowest BCUT2D eigenvalue weighted by Gasteiger charge is -2.23. The lowest BCUT2D eigenvalue weighted by Crippen LogP contribution is -2.39. The predicted octanol–water partition coefficient (Wildman–Crippen LogP) is 5.90. The fourth-order valence-corrected chi connectivity index (χ4v) is 4.25. The van der Waals surface area contributed by atoms with Crippen LogP contribution >= 0.6 is 11.8 Å². The van der Waals surface area contributed by atoms with Crippen molar-refractivity contribution in [2.24, 2.45) is 21.9 Å². The van der Waals surface area contributed by atoms with Gasteiger partial charge in [-0.25, -0.2) is 0 Å². The molecule has 2 unspecified atom stereocenters. The minimum Gasteiger partial charge on any atom is -0.493 e. The van der Waals surface area contributed by atoms with Gasteiger partial charge in [-0.1, -0.05) is 39.0 Å². The minimum absolute atomic E-state index is 0.170. The van der Waals surface area contributed by atoms with Crippen LogP contribution in [-0.2, 0) is 10.9 Å². The van der Waals surface area contributed by atoms with Gasteiger partial charge >= 0.3 is 6.18 Å². The minimum atomic E-state index is -4.53. The predicted molar refractivity (Wildman–Crippen MR) is 126 cm³/mol. The number of benzene rings is 1. The molecule has 0 spiro atoms. The van der Waals surface area contributed by atoms with Gasteiger partial charge in [0, 0.05) is 30.6 Å². The lowest BCUT2D eigenvalue weighted by atomic mass is 9.94. The largest absolute Gasteiger partial charge is 0.493 e. The Labute approximate surface area is 193 Å². The first-order valence-electron chi connectivity index (χ1n) is 11.2. The molecule has 1 aromatic rings. The quantitative estimate of drug-likeness (QED) is 0.362. The molecule has 2 atom stereocenters. The Balaban J connectivity index is 2.07. The van der Waals surface area contributed by atoms with Crippen molar-refractivity contribution in [1.82, 2.24) is 0 Å². The van der Waals surface area contributed by atoms with Gasteiger partial charge < -0.3 is 15.2 Å². The summed E-state index contributed by atoms with van der Waals surface area (Å²) >= 11 is 1.36. The first kappa shape index (κ1) is 26.7. The number of thioether (sulfide) groups is 1. The van der Waals surface area contributed by atoms with Crippen molar-refractivity contribution in [3.63, 3.8) is 0 Å². The van der Waals surface area contributed by atoms with Gasteiger partial charge in [-0.05, 0) is 49.8 Å². The molecule has 0 amide bonds. The molecule has 1 aromatic carbocycles. The normalized spacial score (nSPS) is 16.3. The van der Waals surface area contributed by atoms with E-state index in [0.717, 1.165) is 37.5 Å². The lowest BCUT2D eigenvalue weighted by molar-refractivity contribution is -0.139. The number of ether oxygens (including phenoxy) is 2. The highest BCUT2D eigenvalue weighted by molar-refractivity contribution is 8.15. The molecular formula is C23H34F3N3O2S. The monoisotopic (exact) mass is 473 g/mol. The Morgan fingerprint density at radius 3 is 2.47 bits per heavy atom. The van der Waals surface area contributed by atoms with E-state index in [-0.39, 0.29) is 24.3 Å². The third-order valence-corrected chi connectivity index (χ3v) is 6.22. The second kappa shape index (κ2) is 13.2. The second-order valence-corrected chi connectivity index (χ2v) is 8.92. The topological polar surface area (TPSA) is 69.2 Å². The number of hydrogen-bond donors (Lipinski definition) is 1. The van der Waals surface area contributed by atoms with Gasteiger partial charge in [0.25, 0.3) is 0 Å². The summed E-state index contributed by atoms with van der Waals surface area (Å²) in [6, 6.07) is 3.86. The van der Waals surface area contributed by atoms with Crippen molar-refractivity contribution < 1.29 is 22.6 Å². The Bertz CT molecular complexity index is 784. The fraction of sp³-hybridized carbons (Fsp3) is 0.652. The first-order chi connectivity index (χ1) is 15.3. The molecule has 1 heterocycles. The third kappa shape index (κ3) is 8.08. The molecule has 0 aromatic heterocycles. The summed E-state index contributed by atoms with van der Waals surface area (Å²) < 4.78 is 51.8. The highest BCUT2D eigenvalue weighted by atomic mass is 32.2. The Hall–Kier alpha value is -1.58. The number of rotatable bonds is 13. The van der Waals surface area contributed by atoms with E-state index in [9.17, 15) is 13.2 Å². The molecule has 0 bridgehead atoms. The van der Waals surface area contributed by atoms with E-state index >= 15 is 0 Å². The van der Waals surface area contributed by atoms with Gasteiger partial charge in [0.1, 0.15) is 10.8 Å². The summed E-state index contributed by atoms with van der Waals surface area (Å²) in [5.41, 5.74) is 6.62. The molecular weight excluding hydrogens is 439 g/mol. The number of nitrogens with zero attached hydrogens (tertiary/aromatic N) is 2. The average Bonchev–Trinajstić information content (AvgIpc) is 2.77.